The summed E-state index contributed by atoms with van der Waals surface area (Å²) in [5.41, 5.74) is 1.55. The van der Waals surface area contributed by atoms with Crippen LogP contribution in [0.3, 0.4) is 0 Å². The van der Waals surface area contributed by atoms with Crippen LogP contribution in [-0.4, -0.2) is 28.7 Å². The molecule has 1 saturated heterocycles. The standard InChI is InChI=1S/C14H16N2OS2/c1-3-8-16-13(17)12(15-14(16)18)9-10-4-6-11(19-2)7-5-10/h4-7,9H,3,8H2,1-2H3,(H,15,18)/b12-9-. The van der Waals surface area contributed by atoms with Gasteiger partial charge in [-0.2, -0.15) is 0 Å². The van der Waals surface area contributed by atoms with E-state index in [4.69, 9.17) is 12.2 Å². The summed E-state index contributed by atoms with van der Waals surface area (Å²) in [6.45, 7) is 2.69. The number of amides is 1. The number of nitrogens with zero attached hydrogens (tertiary/aromatic N) is 1. The Bertz CT molecular complexity index is 523. The summed E-state index contributed by atoms with van der Waals surface area (Å²) in [6.07, 6.45) is 4.77. The van der Waals surface area contributed by atoms with Crippen LogP contribution in [0.2, 0.25) is 0 Å². The largest absolute Gasteiger partial charge is 0.328 e. The van der Waals surface area contributed by atoms with E-state index in [1.54, 1.807) is 16.7 Å². The molecular weight excluding hydrogens is 276 g/mol. The number of hydrogen-bond acceptors (Lipinski definition) is 3. The highest BCUT2D eigenvalue weighted by atomic mass is 32.2. The zero-order valence-electron chi connectivity index (χ0n) is 11.0. The van der Waals surface area contributed by atoms with Crippen LogP contribution in [0.1, 0.15) is 18.9 Å². The van der Waals surface area contributed by atoms with Crippen LogP contribution >= 0.6 is 24.0 Å². The molecule has 1 fully saturated rings. The van der Waals surface area contributed by atoms with Crippen molar-refractivity contribution in [2.75, 3.05) is 12.8 Å². The fraction of sp³-hybridized carbons (Fsp3) is 0.286. The maximum Gasteiger partial charge on any atom is 0.276 e. The quantitative estimate of drug-likeness (QED) is 0.525. The van der Waals surface area contributed by atoms with Gasteiger partial charge in [0.2, 0.25) is 0 Å². The minimum Gasteiger partial charge on any atom is -0.328 e. The molecule has 19 heavy (non-hydrogen) atoms. The maximum absolute atomic E-state index is 12.1. The van der Waals surface area contributed by atoms with Crippen LogP contribution in [0.5, 0.6) is 0 Å². The third kappa shape index (κ3) is 3.16. The molecule has 2 rings (SSSR count). The van der Waals surface area contributed by atoms with Crippen molar-refractivity contribution in [1.82, 2.24) is 10.2 Å². The molecule has 5 heteroatoms. The molecule has 3 nitrogen and oxygen atoms in total. The van der Waals surface area contributed by atoms with Crippen molar-refractivity contribution in [2.24, 2.45) is 0 Å². The molecular formula is C14H16N2OS2. The Morgan fingerprint density at radius 2 is 2.05 bits per heavy atom. The van der Waals surface area contributed by atoms with E-state index in [1.165, 1.54) is 4.90 Å². The lowest BCUT2D eigenvalue weighted by atomic mass is 10.2. The summed E-state index contributed by atoms with van der Waals surface area (Å²) in [6, 6.07) is 8.08. The average molecular weight is 292 g/mol. The summed E-state index contributed by atoms with van der Waals surface area (Å²) < 4.78 is 0. The molecule has 0 aromatic heterocycles. The number of carbonyl (C=O) groups excluding carboxylic acids is 1. The van der Waals surface area contributed by atoms with Crippen LogP contribution in [0.15, 0.2) is 34.9 Å². The molecule has 1 aliphatic rings. The SMILES string of the molecule is CCCN1C(=O)/C(=C/c2ccc(SC)cc2)NC1=S. The number of nitrogens with one attached hydrogen (secondary N) is 1. The Hall–Kier alpha value is -1.33. The van der Waals surface area contributed by atoms with E-state index in [-0.39, 0.29) is 5.91 Å². The van der Waals surface area contributed by atoms with Crippen LogP contribution < -0.4 is 5.32 Å². The van der Waals surface area contributed by atoms with E-state index in [0.717, 1.165) is 12.0 Å². The highest BCUT2D eigenvalue weighted by molar-refractivity contribution is 7.98. The first-order valence-electron chi connectivity index (χ1n) is 6.14. The number of rotatable bonds is 4. The predicted octanol–water partition coefficient (Wildman–Crippen LogP) is 2.88. The second-order valence-electron chi connectivity index (χ2n) is 4.22. The molecule has 100 valence electrons. The van der Waals surface area contributed by atoms with Gasteiger partial charge in [-0.3, -0.25) is 9.69 Å². The summed E-state index contributed by atoms with van der Waals surface area (Å²) in [4.78, 5) is 15.0. The van der Waals surface area contributed by atoms with Crippen molar-refractivity contribution in [1.29, 1.82) is 0 Å². The normalized spacial score (nSPS) is 17.2. The molecule has 1 aromatic carbocycles. The molecule has 1 N–H and O–H groups in total. The van der Waals surface area contributed by atoms with Gasteiger partial charge in [-0.25, -0.2) is 0 Å². The number of thioether (sulfide) groups is 1. The first-order valence-corrected chi connectivity index (χ1v) is 7.77. The van der Waals surface area contributed by atoms with Crippen LogP contribution in [0.4, 0.5) is 0 Å². The van der Waals surface area contributed by atoms with Gasteiger partial charge < -0.3 is 5.32 Å². The van der Waals surface area contributed by atoms with Gasteiger partial charge in [-0.1, -0.05) is 19.1 Å². The molecule has 1 amide bonds. The smallest absolute Gasteiger partial charge is 0.276 e. The van der Waals surface area contributed by atoms with Crippen molar-refractivity contribution >= 4 is 41.1 Å². The molecule has 1 aromatic rings. The lowest BCUT2D eigenvalue weighted by molar-refractivity contribution is -0.122. The van der Waals surface area contributed by atoms with Gasteiger partial charge in [-0.15, -0.1) is 11.8 Å². The first kappa shape index (κ1) is 14.1. The average Bonchev–Trinajstić information content (AvgIpc) is 2.68. The molecule has 0 spiro atoms. The van der Waals surface area contributed by atoms with Gasteiger partial charge in [0.1, 0.15) is 5.70 Å². The Balaban J connectivity index is 2.19. The summed E-state index contributed by atoms with van der Waals surface area (Å²) >= 11 is 6.86. The minimum absolute atomic E-state index is 0.0409. The van der Waals surface area contributed by atoms with E-state index < -0.39 is 0 Å². The summed E-state index contributed by atoms with van der Waals surface area (Å²) in [5.74, 6) is -0.0409. The second-order valence-corrected chi connectivity index (χ2v) is 5.48. The van der Waals surface area contributed by atoms with E-state index in [1.807, 2.05) is 43.5 Å². The Labute approximate surface area is 123 Å². The molecule has 0 atom stereocenters. The van der Waals surface area contributed by atoms with Crippen LogP contribution in [0.25, 0.3) is 6.08 Å². The number of hydrogen-bond donors (Lipinski definition) is 1. The predicted molar refractivity (Wildman–Crippen MR) is 83.9 cm³/mol. The van der Waals surface area contributed by atoms with E-state index in [0.29, 0.717) is 17.4 Å². The number of carbonyl (C=O) groups is 1. The van der Waals surface area contributed by atoms with E-state index >= 15 is 0 Å². The lowest BCUT2D eigenvalue weighted by Gasteiger charge is -2.11. The molecule has 0 unspecified atom stereocenters. The lowest BCUT2D eigenvalue weighted by Crippen LogP contribution is -2.31. The number of benzene rings is 1. The fourth-order valence-corrected chi connectivity index (χ4v) is 2.56. The monoisotopic (exact) mass is 292 g/mol. The topological polar surface area (TPSA) is 32.3 Å². The van der Waals surface area contributed by atoms with Crippen molar-refractivity contribution in [3.05, 3.63) is 35.5 Å². The molecule has 0 aliphatic carbocycles. The molecule has 0 radical (unpaired) electrons. The molecule has 0 bridgehead atoms. The van der Waals surface area contributed by atoms with Crippen molar-refractivity contribution in [3.63, 3.8) is 0 Å². The Morgan fingerprint density at radius 3 is 2.63 bits per heavy atom. The van der Waals surface area contributed by atoms with Crippen molar-refractivity contribution < 1.29 is 4.79 Å². The Morgan fingerprint density at radius 1 is 1.37 bits per heavy atom. The molecule has 1 heterocycles. The fourth-order valence-electron chi connectivity index (χ4n) is 1.87. The first-order chi connectivity index (χ1) is 9.15. The van der Waals surface area contributed by atoms with Gasteiger partial charge in [0.25, 0.3) is 5.91 Å². The summed E-state index contributed by atoms with van der Waals surface area (Å²) in [7, 11) is 0. The van der Waals surface area contributed by atoms with Crippen LogP contribution in [0, 0.1) is 0 Å². The molecule has 1 aliphatic heterocycles. The summed E-state index contributed by atoms with van der Waals surface area (Å²) in [5, 5.41) is 3.48. The van der Waals surface area contributed by atoms with Gasteiger partial charge >= 0.3 is 0 Å². The van der Waals surface area contributed by atoms with Gasteiger partial charge in [0, 0.05) is 11.4 Å². The van der Waals surface area contributed by atoms with E-state index in [2.05, 4.69) is 5.32 Å². The van der Waals surface area contributed by atoms with Crippen molar-refractivity contribution in [3.8, 4) is 0 Å². The van der Waals surface area contributed by atoms with E-state index in [9.17, 15) is 4.79 Å². The Kier molecular flexibility index (Phi) is 4.61. The van der Waals surface area contributed by atoms with Gasteiger partial charge in [-0.05, 0) is 48.7 Å². The minimum atomic E-state index is -0.0409. The van der Waals surface area contributed by atoms with Gasteiger partial charge in [0.15, 0.2) is 5.11 Å². The van der Waals surface area contributed by atoms with Crippen LogP contribution in [-0.2, 0) is 4.79 Å². The van der Waals surface area contributed by atoms with Gasteiger partial charge in [0.05, 0.1) is 0 Å². The zero-order valence-corrected chi connectivity index (χ0v) is 12.6. The third-order valence-corrected chi connectivity index (χ3v) is 3.90. The number of thiocarbonyl (C=S) groups is 1. The second kappa shape index (κ2) is 6.21. The highest BCUT2D eigenvalue weighted by Crippen LogP contribution is 2.18. The zero-order chi connectivity index (χ0) is 13.8. The highest BCUT2D eigenvalue weighted by Gasteiger charge is 2.29. The van der Waals surface area contributed by atoms with Crippen molar-refractivity contribution in [2.45, 2.75) is 18.2 Å². The maximum atomic E-state index is 12.1. The third-order valence-electron chi connectivity index (χ3n) is 2.84. The molecule has 0 saturated carbocycles.